The fraction of sp³-hybridized carbons (Fsp3) is 0.600. The van der Waals surface area contributed by atoms with Crippen LogP contribution in [0.5, 0.6) is 0 Å². The summed E-state index contributed by atoms with van der Waals surface area (Å²) in [4.78, 5) is 2.55. The van der Waals surface area contributed by atoms with E-state index in [-0.39, 0.29) is 0 Å². The van der Waals surface area contributed by atoms with E-state index in [1.807, 2.05) is 0 Å². The minimum absolute atomic E-state index is 0.695. The molecule has 1 aliphatic rings. The quantitative estimate of drug-likeness (QED) is 0.839. The van der Waals surface area contributed by atoms with Gasteiger partial charge in [-0.25, -0.2) is 0 Å². The smallest absolute Gasteiger partial charge is 0.0234 e. The zero-order chi connectivity index (χ0) is 12.1. The van der Waals surface area contributed by atoms with E-state index in [9.17, 15) is 0 Å². The summed E-state index contributed by atoms with van der Waals surface area (Å²) >= 11 is 0. The summed E-state index contributed by atoms with van der Waals surface area (Å²) < 4.78 is 0. The second kappa shape index (κ2) is 6.18. The van der Waals surface area contributed by atoms with Crippen LogP contribution in [0.15, 0.2) is 30.3 Å². The van der Waals surface area contributed by atoms with Crippen molar-refractivity contribution in [1.82, 2.24) is 10.2 Å². The Morgan fingerprint density at radius 3 is 2.76 bits per heavy atom. The van der Waals surface area contributed by atoms with E-state index < -0.39 is 0 Å². The topological polar surface area (TPSA) is 15.3 Å². The molecule has 2 heteroatoms. The zero-order valence-corrected chi connectivity index (χ0v) is 11.0. The van der Waals surface area contributed by atoms with Gasteiger partial charge in [0, 0.05) is 25.7 Å². The van der Waals surface area contributed by atoms with Gasteiger partial charge in [-0.3, -0.25) is 4.90 Å². The highest BCUT2D eigenvalue weighted by molar-refractivity contribution is 5.14. The van der Waals surface area contributed by atoms with E-state index in [0.29, 0.717) is 6.04 Å². The Hall–Kier alpha value is -0.860. The normalized spacial score (nSPS) is 21.2. The molecule has 17 heavy (non-hydrogen) atoms. The molecule has 1 saturated heterocycles. The van der Waals surface area contributed by atoms with Crippen LogP contribution in [0.4, 0.5) is 0 Å². The lowest BCUT2D eigenvalue weighted by atomic mass is 10.2. The van der Waals surface area contributed by atoms with Gasteiger partial charge in [-0.05, 0) is 24.4 Å². The third-order valence-corrected chi connectivity index (χ3v) is 3.34. The van der Waals surface area contributed by atoms with Crippen molar-refractivity contribution in [1.29, 1.82) is 0 Å². The lowest BCUT2D eigenvalue weighted by Gasteiger charge is -2.17. The third kappa shape index (κ3) is 4.14. The molecule has 1 aromatic carbocycles. The Kier molecular flexibility index (Phi) is 4.57. The van der Waals surface area contributed by atoms with Crippen LogP contribution >= 0.6 is 0 Å². The molecule has 0 aromatic heterocycles. The Bertz CT molecular complexity index is 321. The van der Waals surface area contributed by atoms with E-state index in [4.69, 9.17) is 0 Å². The molecule has 1 aliphatic heterocycles. The Morgan fingerprint density at radius 1 is 1.29 bits per heavy atom. The summed E-state index contributed by atoms with van der Waals surface area (Å²) in [5.74, 6) is 0.748. The third-order valence-electron chi connectivity index (χ3n) is 3.34. The Labute approximate surface area is 105 Å². The molecule has 1 unspecified atom stereocenters. The number of hydrogen-bond donors (Lipinski definition) is 1. The van der Waals surface area contributed by atoms with Crippen LogP contribution in [-0.4, -0.2) is 30.6 Å². The van der Waals surface area contributed by atoms with E-state index in [1.54, 1.807) is 0 Å². The molecule has 1 N–H and O–H groups in total. The number of rotatable bonds is 5. The van der Waals surface area contributed by atoms with Crippen LogP contribution < -0.4 is 5.32 Å². The van der Waals surface area contributed by atoms with Gasteiger partial charge in [-0.15, -0.1) is 0 Å². The minimum Gasteiger partial charge on any atom is -0.312 e. The number of hydrogen-bond acceptors (Lipinski definition) is 2. The average Bonchev–Trinajstić information content (AvgIpc) is 2.75. The number of nitrogens with one attached hydrogen (secondary N) is 1. The molecule has 0 saturated carbocycles. The molecule has 1 aromatic rings. The molecule has 0 radical (unpaired) electrons. The van der Waals surface area contributed by atoms with Gasteiger partial charge in [0.05, 0.1) is 0 Å². The summed E-state index contributed by atoms with van der Waals surface area (Å²) in [6.07, 6.45) is 1.29. The first kappa shape index (κ1) is 12.6. The van der Waals surface area contributed by atoms with Crippen molar-refractivity contribution in [2.75, 3.05) is 19.6 Å². The zero-order valence-electron chi connectivity index (χ0n) is 11.0. The first-order valence-electron chi connectivity index (χ1n) is 6.73. The van der Waals surface area contributed by atoms with Gasteiger partial charge in [0.1, 0.15) is 0 Å². The highest BCUT2D eigenvalue weighted by Crippen LogP contribution is 2.13. The SMILES string of the molecule is CC(C)CNC1CCN(Cc2ccccc2)C1. The maximum atomic E-state index is 3.66. The van der Waals surface area contributed by atoms with Gasteiger partial charge < -0.3 is 5.32 Å². The van der Waals surface area contributed by atoms with Crippen molar-refractivity contribution < 1.29 is 0 Å². The first-order valence-corrected chi connectivity index (χ1v) is 6.73. The molecule has 1 heterocycles. The van der Waals surface area contributed by atoms with Crippen LogP contribution in [-0.2, 0) is 6.54 Å². The summed E-state index contributed by atoms with van der Waals surface area (Å²) in [5, 5.41) is 3.66. The molecule has 2 rings (SSSR count). The minimum atomic E-state index is 0.695. The second-order valence-electron chi connectivity index (χ2n) is 5.51. The van der Waals surface area contributed by atoms with Crippen molar-refractivity contribution in [2.24, 2.45) is 5.92 Å². The lowest BCUT2D eigenvalue weighted by Crippen LogP contribution is -2.34. The van der Waals surface area contributed by atoms with Crippen molar-refractivity contribution in [2.45, 2.75) is 32.9 Å². The molecule has 1 atom stereocenters. The summed E-state index contributed by atoms with van der Waals surface area (Å²) in [6.45, 7) is 9.20. The monoisotopic (exact) mass is 232 g/mol. The molecule has 0 aliphatic carbocycles. The van der Waals surface area contributed by atoms with Crippen LogP contribution in [0.3, 0.4) is 0 Å². The van der Waals surface area contributed by atoms with Gasteiger partial charge in [0.2, 0.25) is 0 Å². The summed E-state index contributed by atoms with van der Waals surface area (Å²) in [6, 6.07) is 11.5. The van der Waals surface area contributed by atoms with Gasteiger partial charge in [-0.2, -0.15) is 0 Å². The molecule has 0 bridgehead atoms. The summed E-state index contributed by atoms with van der Waals surface area (Å²) in [5.41, 5.74) is 1.43. The summed E-state index contributed by atoms with van der Waals surface area (Å²) in [7, 11) is 0. The molecular weight excluding hydrogens is 208 g/mol. The number of benzene rings is 1. The van der Waals surface area contributed by atoms with E-state index in [1.165, 1.54) is 25.1 Å². The maximum absolute atomic E-state index is 3.66. The molecular formula is C15H24N2. The lowest BCUT2D eigenvalue weighted by molar-refractivity contribution is 0.318. The highest BCUT2D eigenvalue weighted by Gasteiger charge is 2.21. The average molecular weight is 232 g/mol. The maximum Gasteiger partial charge on any atom is 0.0234 e. The Balaban J connectivity index is 1.74. The predicted octanol–water partition coefficient (Wildman–Crippen LogP) is 2.51. The molecule has 0 spiro atoms. The van der Waals surface area contributed by atoms with Crippen molar-refractivity contribution in [3.05, 3.63) is 35.9 Å². The highest BCUT2D eigenvalue weighted by atomic mass is 15.2. The Morgan fingerprint density at radius 2 is 2.06 bits per heavy atom. The van der Waals surface area contributed by atoms with Gasteiger partial charge >= 0.3 is 0 Å². The van der Waals surface area contributed by atoms with Gasteiger partial charge in [0.25, 0.3) is 0 Å². The number of nitrogens with zero attached hydrogens (tertiary/aromatic N) is 1. The van der Waals surface area contributed by atoms with Crippen LogP contribution in [0, 0.1) is 5.92 Å². The van der Waals surface area contributed by atoms with Gasteiger partial charge in [-0.1, -0.05) is 44.2 Å². The van der Waals surface area contributed by atoms with Crippen molar-refractivity contribution in [3.8, 4) is 0 Å². The molecule has 2 nitrogen and oxygen atoms in total. The second-order valence-corrected chi connectivity index (χ2v) is 5.51. The van der Waals surface area contributed by atoms with Crippen LogP contribution in [0.25, 0.3) is 0 Å². The van der Waals surface area contributed by atoms with Crippen LogP contribution in [0.1, 0.15) is 25.8 Å². The predicted molar refractivity (Wildman–Crippen MR) is 73.0 cm³/mol. The first-order chi connectivity index (χ1) is 8.24. The van der Waals surface area contributed by atoms with E-state index in [2.05, 4.69) is 54.4 Å². The van der Waals surface area contributed by atoms with E-state index >= 15 is 0 Å². The van der Waals surface area contributed by atoms with Crippen molar-refractivity contribution in [3.63, 3.8) is 0 Å². The fourth-order valence-electron chi connectivity index (χ4n) is 2.39. The number of likely N-dealkylation sites (tertiary alicyclic amines) is 1. The van der Waals surface area contributed by atoms with Gasteiger partial charge in [0.15, 0.2) is 0 Å². The van der Waals surface area contributed by atoms with Crippen LogP contribution in [0.2, 0.25) is 0 Å². The molecule has 0 amide bonds. The molecule has 1 fully saturated rings. The van der Waals surface area contributed by atoms with E-state index in [0.717, 1.165) is 19.0 Å². The standard InChI is InChI=1S/C15H24N2/c1-13(2)10-16-15-8-9-17(12-15)11-14-6-4-3-5-7-14/h3-7,13,15-16H,8-12H2,1-2H3. The fourth-order valence-corrected chi connectivity index (χ4v) is 2.39. The molecule has 94 valence electrons. The van der Waals surface area contributed by atoms with Crippen molar-refractivity contribution >= 4 is 0 Å². The largest absolute Gasteiger partial charge is 0.312 e.